The highest BCUT2D eigenvalue weighted by molar-refractivity contribution is 6.30. The highest BCUT2D eigenvalue weighted by Crippen LogP contribution is 2.18. The maximum Gasteiger partial charge on any atom is 0.238 e. The highest BCUT2D eigenvalue weighted by atomic mass is 35.5. The summed E-state index contributed by atoms with van der Waals surface area (Å²) >= 11 is 5.85. The zero-order chi connectivity index (χ0) is 18.1. The lowest BCUT2D eigenvalue weighted by atomic mass is 10.0. The van der Waals surface area contributed by atoms with Crippen molar-refractivity contribution in [3.8, 4) is 0 Å². The minimum absolute atomic E-state index is 0.0529. The Hall–Kier alpha value is -2.63. The summed E-state index contributed by atoms with van der Waals surface area (Å²) in [7, 11) is 0. The number of aromatic amines is 1. The SMILES string of the molecule is O=C(CN1CCc2[nH]c3ccccc3c(=O)c2C1)Nc1ccc(Cl)cc1. The molecule has 1 aliphatic heterocycles. The number of H-pyrrole nitrogens is 1. The van der Waals surface area contributed by atoms with Crippen LogP contribution in [-0.2, 0) is 17.8 Å². The third-order valence-electron chi connectivity index (χ3n) is 4.65. The number of benzene rings is 2. The third-order valence-corrected chi connectivity index (χ3v) is 4.90. The summed E-state index contributed by atoms with van der Waals surface area (Å²) in [5.41, 5.74) is 3.36. The third kappa shape index (κ3) is 3.36. The zero-order valence-corrected chi connectivity index (χ0v) is 14.8. The predicted octanol–water partition coefficient (Wildman–Crippen LogP) is 3.18. The maximum absolute atomic E-state index is 12.8. The van der Waals surface area contributed by atoms with Gasteiger partial charge in [0, 0.05) is 52.4 Å². The van der Waals surface area contributed by atoms with Gasteiger partial charge in [-0.05, 0) is 36.4 Å². The van der Waals surface area contributed by atoms with Crippen molar-refractivity contribution >= 4 is 34.1 Å². The number of pyridine rings is 1. The number of carbonyl (C=O) groups excluding carboxylic acids is 1. The predicted molar refractivity (Wildman–Crippen MR) is 104 cm³/mol. The fourth-order valence-electron chi connectivity index (χ4n) is 3.35. The highest BCUT2D eigenvalue weighted by Gasteiger charge is 2.22. The topological polar surface area (TPSA) is 65.2 Å². The lowest BCUT2D eigenvalue weighted by Gasteiger charge is -2.27. The Labute approximate surface area is 155 Å². The molecule has 4 rings (SSSR count). The molecule has 0 aliphatic carbocycles. The van der Waals surface area contributed by atoms with Crippen LogP contribution in [-0.4, -0.2) is 28.9 Å². The van der Waals surface area contributed by atoms with Crippen molar-refractivity contribution in [3.63, 3.8) is 0 Å². The van der Waals surface area contributed by atoms with Crippen LogP contribution >= 0.6 is 11.6 Å². The van der Waals surface area contributed by atoms with E-state index in [1.54, 1.807) is 24.3 Å². The number of amides is 1. The molecule has 1 aliphatic rings. The number of anilines is 1. The van der Waals surface area contributed by atoms with E-state index in [0.29, 0.717) is 22.6 Å². The van der Waals surface area contributed by atoms with E-state index >= 15 is 0 Å². The van der Waals surface area contributed by atoms with E-state index in [2.05, 4.69) is 10.3 Å². The largest absolute Gasteiger partial charge is 0.358 e. The van der Waals surface area contributed by atoms with Crippen molar-refractivity contribution < 1.29 is 4.79 Å². The second kappa shape index (κ2) is 6.94. The van der Waals surface area contributed by atoms with Gasteiger partial charge in [0.2, 0.25) is 5.91 Å². The molecular formula is C20H18ClN3O2. The standard InChI is InChI=1S/C20H18ClN3O2/c21-13-5-7-14(8-6-13)22-19(25)12-24-10-9-18-16(11-24)20(26)15-3-1-2-4-17(15)23-18/h1-8H,9-12H2,(H,22,25)(H,23,26). The number of hydrogen-bond acceptors (Lipinski definition) is 3. The van der Waals surface area contributed by atoms with Crippen molar-refractivity contribution in [3.05, 3.63) is 75.0 Å². The van der Waals surface area contributed by atoms with E-state index in [-0.39, 0.29) is 17.9 Å². The van der Waals surface area contributed by atoms with E-state index in [1.807, 2.05) is 29.2 Å². The molecule has 0 unspecified atom stereocenters. The first kappa shape index (κ1) is 16.8. The second-order valence-corrected chi connectivity index (χ2v) is 6.91. The molecule has 0 atom stereocenters. The molecule has 2 heterocycles. The van der Waals surface area contributed by atoms with Crippen LogP contribution in [0, 0.1) is 0 Å². The molecule has 1 amide bonds. The normalized spacial score (nSPS) is 14.2. The Kier molecular flexibility index (Phi) is 4.49. The Bertz CT molecular complexity index is 1030. The van der Waals surface area contributed by atoms with E-state index in [1.165, 1.54) is 0 Å². The number of hydrogen-bond donors (Lipinski definition) is 2. The second-order valence-electron chi connectivity index (χ2n) is 6.47. The van der Waals surface area contributed by atoms with Gasteiger partial charge in [0.1, 0.15) is 0 Å². The monoisotopic (exact) mass is 367 g/mol. The molecule has 0 bridgehead atoms. The van der Waals surface area contributed by atoms with Gasteiger partial charge in [0.15, 0.2) is 5.43 Å². The summed E-state index contributed by atoms with van der Waals surface area (Å²) in [5.74, 6) is -0.104. The van der Waals surface area contributed by atoms with Crippen molar-refractivity contribution in [2.75, 3.05) is 18.4 Å². The van der Waals surface area contributed by atoms with Gasteiger partial charge in [-0.1, -0.05) is 23.7 Å². The van der Waals surface area contributed by atoms with Crippen LogP contribution in [0.2, 0.25) is 5.02 Å². The van der Waals surface area contributed by atoms with Gasteiger partial charge in [-0.25, -0.2) is 0 Å². The van der Waals surface area contributed by atoms with Crippen molar-refractivity contribution in [2.45, 2.75) is 13.0 Å². The maximum atomic E-state index is 12.8. The molecule has 0 fully saturated rings. The molecule has 3 aromatic rings. The number of halogens is 1. The molecule has 0 spiro atoms. The van der Waals surface area contributed by atoms with E-state index in [0.717, 1.165) is 29.7 Å². The summed E-state index contributed by atoms with van der Waals surface area (Å²) in [6.07, 6.45) is 0.726. The average molecular weight is 368 g/mol. The molecule has 26 heavy (non-hydrogen) atoms. The van der Waals surface area contributed by atoms with Crippen LogP contribution in [0.5, 0.6) is 0 Å². The number of aromatic nitrogens is 1. The fraction of sp³-hybridized carbons (Fsp3) is 0.200. The first-order valence-electron chi connectivity index (χ1n) is 8.51. The smallest absolute Gasteiger partial charge is 0.238 e. The first-order chi connectivity index (χ1) is 12.6. The Morgan fingerprint density at radius 1 is 1.15 bits per heavy atom. The molecule has 5 nitrogen and oxygen atoms in total. The minimum atomic E-state index is -0.104. The molecule has 6 heteroatoms. The Morgan fingerprint density at radius 2 is 1.92 bits per heavy atom. The van der Waals surface area contributed by atoms with E-state index in [4.69, 9.17) is 11.6 Å². The fourth-order valence-corrected chi connectivity index (χ4v) is 3.48. The molecular weight excluding hydrogens is 350 g/mol. The zero-order valence-electron chi connectivity index (χ0n) is 14.1. The Balaban J connectivity index is 1.49. The average Bonchev–Trinajstić information content (AvgIpc) is 2.64. The van der Waals surface area contributed by atoms with Gasteiger partial charge in [0.25, 0.3) is 0 Å². The van der Waals surface area contributed by atoms with Gasteiger partial charge in [-0.2, -0.15) is 0 Å². The van der Waals surface area contributed by atoms with Gasteiger partial charge >= 0.3 is 0 Å². The summed E-state index contributed by atoms with van der Waals surface area (Å²) in [6, 6.07) is 14.5. The van der Waals surface area contributed by atoms with Gasteiger partial charge in [-0.15, -0.1) is 0 Å². The molecule has 132 valence electrons. The Morgan fingerprint density at radius 3 is 2.73 bits per heavy atom. The first-order valence-corrected chi connectivity index (χ1v) is 8.88. The summed E-state index contributed by atoms with van der Waals surface area (Å²) in [4.78, 5) is 30.4. The summed E-state index contributed by atoms with van der Waals surface area (Å²) in [5, 5.41) is 4.18. The molecule has 0 radical (unpaired) electrons. The quantitative estimate of drug-likeness (QED) is 0.747. The molecule has 0 saturated carbocycles. The van der Waals surface area contributed by atoms with Crippen molar-refractivity contribution in [2.24, 2.45) is 0 Å². The van der Waals surface area contributed by atoms with Crippen molar-refractivity contribution in [1.29, 1.82) is 0 Å². The van der Waals surface area contributed by atoms with Crippen LogP contribution in [0.3, 0.4) is 0 Å². The molecule has 0 saturated heterocycles. The van der Waals surface area contributed by atoms with Crippen LogP contribution < -0.4 is 10.7 Å². The lowest BCUT2D eigenvalue weighted by molar-refractivity contribution is -0.117. The molecule has 1 aromatic heterocycles. The number of fused-ring (bicyclic) bond motifs is 2. The summed E-state index contributed by atoms with van der Waals surface area (Å²) in [6.45, 7) is 1.45. The number of rotatable bonds is 3. The number of carbonyl (C=O) groups is 1. The van der Waals surface area contributed by atoms with Crippen LogP contribution in [0.1, 0.15) is 11.3 Å². The van der Waals surface area contributed by atoms with Crippen LogP contribution in [0.25, 0.3) is 10.9 Å². The minimum Gasteiger partial charge on any atom is -0.358 e. The molecule has 2 N–H and O–H groups in total. The van der Waals surface area contributed by atoms with E-state index < -0.39 is 0 Å². The number of nitrogens with one attached hydrogen (secondary N) is 2. The van der Waals surface area contributed by atoms with Gasteiger partial charge in [0.05, 0.1) is 6.54 Å². The van der Waals surface area contributed by atoms with Crippen molar-refractivity contribution in [1.82, 2.24) is 9.88 Å². The molecule has 2 aromatic carbocycles. The van der Waals surface area contributed by atoms with Gasteiger partial charge in [-0.3, -0.25) is 14.5 Å². The number of nitrogens with zero attached hydrogens (tertiary/aromatic N) is 1. The van der Waals surface area contributed by atoms with Crippen LogP contribution in [0.15, 0.2) is 53.3 Å². The number of para-hydroxylation sites is 1. The van der Waals surface area contributed by atoms with Gasteiger partial charge < -0.3 is 10.3 Å². The lowest BCUT2D eigenvalue weighted by Crippen LogP contribution is -2.39. The summed E-state index contributed by atoms with van der Waals surface area (Å²) < 4.78 is 0. The van der Waals surface area contributed by atoms with E-state index in [9.17, 15) is 9.59 Å². The van der Waals surface area contributed by atoms with Crippen LogP contribution in [0.4, 0.5) is 5.69 Å².